The Balaban J connectivity index is 2.17. The number of nitrogens with one attached hydrogen (secondary N) is 2. The predicted octanol–water partition coefficient (Wildman–Crippen LogP) is 2.76. The number of nitrogens with zero attached hydrogens (tertiary/aromatic N) is 2. The van der Waals surface area contributed by atoms with Gasteiger partial charge in [-0.05, 0) is 38.5 Å². The number of hydrazine groups is 1. The van der Waals surface area contributed by atoms with Crippen LogP contribution >= 0.6 is 0 Å². The molecular formula is C14H25N5. The number of nitrogens with two attached hydrogens (primary N) is 1. The van der Waals surface area contributed by atoms with E-state index >= 15 is 0 Å². The molecule has 1 saturated carbocycles. The molecule has 1 unspecified atom stereocenters. The molecule has 1 aromatic rings. The Bertz CT molecular complexity index is 455. The van der Waals surface area contributed by atoms with Gasteiger partial charge >= 0.3 is 0 Å². The molecule has 106 valence electrons. The first-order valence-electron chi connectivity index (χ1n) is 7.00. The molecule has 0 bridgehead atoms. The first-order valence-corrected chi connectivity index (χ1v) is 7.00. The minimum absolute atomic E-state index is 0.418. The van der Waals surface area contributed by atoms with Crippen molar-refractivity contribution in [2.45, 2.75) is 59.4 Å². The van der Waals surface area contributed by atoms with Crippen molar-refractivity contribution < 1.29 is 0 Å². The summed E-state index contributed by atoms with van der Waals surface area (Å²) in [5.74, 6) is 7.83. The van der Waals surface area contributed by atoms with Crippen LogP contribution in [0.3, 0.4) is 0 Å². The zero-order chi connectivity index (χ0) is 14.0. The highest BCUT2D eigenvalue weighted by atomic mass is 15.3. The molecule has 2 rings (SSSR count). The first kappa shape index (κ1) is 14.1. The van der Waals surface area contributed by atoms with Crippen molar-refractivity contribution in [2.75, 3.05) is 10.7 Å². The van der Waals surface area contributed by atoms with Crippen LogP contribution in [0.25, 0.3) is 0 Å². The lowest BCUT2D eigenvalue weighted by Gasteiger charge is -2.36. The quantitative estimate of drug-likeness (QED) is 0.577. The standard InChI is InChI=1S/C14H25N5/c1-9-12(16-10(2)17-13(9)19-15)18-11-6-5-7-14(3,4)8-11/h11H,5-8,15H2,1-4H3,(H2,16,17,18,19). The highest BCUT2D eigenvalue weighted by Crippen LogP contribution is 2.36. The summed E-state index contributed by atoms with van der Waals surface area (Å²) in [6, 6.07) is 0.488. The molecule has 1 aliphatic carbocycles. The van der Waals surface area contributed by atoms with E-state index in [4.69, 9.17) is 5.84 Å². The molecular weight excluding hydrogens is 238 g/mol. The Hall–Kier alpha value is -1.36. The van der Waals surface area contributed by atoms with E-state index in [1.807, 2.05) is 13.8 Å². The maximum Gasteiger partial charge on any atom is 0.148 e. The van der Waals surface area contributed by atoms with Crippen molar-refractivity contribution in [1.29, 1.82) is 0 Å². The van der Waals surface area contributed by atoms with Gasteiger partial charge in [0, 0.05) is 11.6 Å². The van der Waals surface area contributed by atoms with Crippen LogP contribution in [0.4, 0.5) is 11.6 Å². The van der Waals surface area contributed by atoms with Crippen LogP contribution in [0, 0.1) is 19.3 Å². The molecule has 0 saturated heterocycles. The van der Waals surface area contributed by atoms with Crippen molar-refractivity contribution in [3.05, 3.63) is 11.4 Å². The van der Waals surface area contributed by atoms with Crippen LogP contribution in [0.2, 0.25) is 0 Å². The van der Waals surface area contributed by atoms with Gasteiger partial charge in [-0.1, -0.05) is 20.3 Å². The number of nitrogen functional groups attached to an aromatic ring is 1. The Morgan fingerprint density at radius 2 is 1.89 bits per heavy atom. The normalized spacial score (nSPS) is 22.1. The molecule has 1 fully saturated rings. The second-order valence-electron chi connectivity index (χ2n) is 6.34. The summed E-state index contributed by atoms with van der Waals surface area (Å²) in [5.41, 5.74) is 4.04. The van der Waals surface area contributed by atoms with E-state index in [2.05, 4.69) is 34.6 Å². The van der Waals surface area contributed by atoms with Gasteiger partial charge in [-0.25, -0.2) is 15.8 Å². The average molecular weight is 263 g/mol. The highest BCUT2D eigenvalue weighted by Gasteiger charge is 2.28. The lowest BCUT2D eigenvalue weighted by molar-refractivity contribution is 0.229. The van der Waals surface area contributed by atoms with Crippen LogP contribution in [-0.2, 0) is 0 Å². The average Bonchev–Trinajstić information content (AvgIpc) is 2.32. The topological polar surface area (TPSA) is 75.9 Å². The van der Waals surface area contributed by atoms with E-state index in [9.17, 15) is 0 Å². The largest absolute Gasteiger partial charge is 0.367 e. The van der Waals surface area contributed by atoms with Gasteiger partial charge in [0.2, 0.25) is 0 Å². The smallest absolute Gasteiger partial charge is 0.148 e. The van der Waals surface area contributed by atoms with E-state index in [0.29, 0.717) is 17.3 Å². The highest BCUT2D eigenvalue weighted by molar-refractivity contribution is 5.57. The molecule has 4 N–H and O–H groups in total. The molecule has 0 amide bonds. The SMILES string of the molecule is Cc1nc(NN)c(C)c(NC2CCCC(C)(C)C2)n1. The van der Waals surface area contributed by atoms with Gasteiger partial charge in [0.1, 0.15) is 17.5 Å². The van der Waals surface area contributed by atoms with E-state index in [-0.39, 0.29) is 0 Å². The molecule has 0 radical (unpaired) electrons. The molecule has 1 aromatic heterocycles. The zero-order valence-electron chi connectivity index (χ0n) is 12.4. The number of aromatic nitrogens is 2. The second kappa shape index (κ2) is 5.33. The van der Waals surface area contributed by atoms with Gasteiger partial charge in [0.25, 0.3) is 0 Å². The molecule has 0 spiro atoms. The fraction of sp³-hybridized carbons (Fsp3) is 0.714. The maximum absolute atomic E-state index is 5.50. The van der Waals surface area contributed by atoms with Gasteiger partial charge < -0.3 is 10.7 Å². The Kier molecular flexibility index (Phi) is 3.94. The number of aryl methyl sites for hydroxylation is 1. The Morgan fingerprint density at radius 1 is 1.21 bits per heavy atom. The van der Waals surface area contributed by atoms with E-state index in [0.717, 1.165) is 17.2 Å². The molecule has 1 aliphatic rings. The third kappa shape index (κ3) is 3.35. The van der Waals surface area contributed by atoms with Crippen LogP contribution in [0.1, 0.15) is 50.9 Å². The lowest BCUT2D eigenvalue weighted by atomic mass is 9.75. The Morgan fingerprint density at radius 3 is 2.53 bits per heavy atom. The third-order valence-corrected chi connectivity index (χ3v) is 3.94. The number of rotatable bonds is 3. The van der Waals surface area contributed by atoms with E-state index < -0.39 is 0 Å². The van der Waals surface area contributed by atoms with Crippen molar-refractivity contribution in [2.24, 2.45) is 11.3 Å². The Labute approximate surface area is 115 Å². The summed E-state index contributed by atoms with van der Waals surface area (Å²) in [7, 11) is 0. The summed E-state index contributed by atoms with van der Waals surface area (Å²) in [4.78, 5) is 8.79. The molecule has 19 heavy (non-hydrogen) atoms. The number of hydrogen-bond donors (Lipinski definition) is 3. The summed E-state index contributed by atoms with van der Waals surface area (Å²) >= 11 is 0. The first-order chi connectivity index (χ1) is 8.91. The second-order valence-corrected chi connectivity index (χ2v) is 6.34. The minimum atomic E-state index is 0.418. The van der Waals surface area contributed by atoms with Gasteiger partial charge in [-0.3, -0.25) is 0 Å². The fourth-order valence-electron chi connectivity index (χ4n) is 2.92. The van der Waals surface area contributed by atoms with E-state index in [1.54, 1.807) is 0 Å². The van der Waals surface area contributed by atoms with Crippen molar-refractivity contribution >= 4 is 11.6 Å². The van der Waals surface area contributed by atoms with Crippen LogP contribution in [-0.4, -0.2) is 16.0 Å². The van der Waals surface area contributed by atoms with Gasteiger partial charge in [-0.15, -0.1) is 0 Å². The minimum Gasteiger partial charge on any atom is -0.367 e. The summed E-state index contributed by atoms with van der Waals surface area (Å²) < 4.78 is 0. The molecule has 0 aromatic carbocycles. The van der Waals surface area contributed by atoms with Crippen LogP contribution in [0.5, 0.6) is 0 Å². The third-order valence-electron chi connectivity index (χ3n) is 3.94. The summed E-state index contributed by atoms with van der Waals surface area (Å²) in [5, 5.41) is 3.57. The van der Waals surface area contributed by atoms with Crippen molar-refractivity contribution in [1.82, 2.24) is 9.97 Å². The molecule has 5 heteroatoms. The van der Waals surface area contributed by atoms with Gasteiger partial charge in [0.05, 0.1) is 0 Å². The molecule has 5 nitrogen and oxygen atoms in total. The van der Waals surface area contributed by atoms with Gasteiger partial charge in [0.15, 0.2) is 0 Å². The maximum atomic E-state index is 5.50. The zero-order valence-corrected chi connectivity index (χ0v) is 12.4. The summed E-state index contributed by atoms with van der Waals surface area (Å²) in [6.45, 7) is 8.55. The molecule has 1 heterocycles. The van der Waals surface area contributed by atoms with Crippen molar-refractivity contribution in [3.63, 3.8) is 0 Å². The van der Waals surface area contributed by atoms with E-state index in [1.165, 1.54) is 25.7 Å². The predicted molar refractivity (Wildman–Crippen MR) is 79.0 cm³/mol. The molecule has 0 aliphatic heterocycles. The summed E-state index contributed by atoms with van der Waals surface area (Å²) in [6.07, 6.45) is 4.97. The number of hydrogen-bond acceptors (Lipinski definition) is 5. The van der Waals surface area contributed by atoms with Gasteiger partial charge in [-0.2, -0.15) is 0 Å². The fourth-order valence-corrected chi connectivity index (χ4v) is 2.92. The molecule has 1 atom stereocenters. The van der Waals surface area contributed by atoms with Crippen LogP contribution < -0.4 is 16.6 Å². The monoisotopic (exact) mass is 263 g/mol. The number of anilines is 2. The lowest BCUT2D eigenvalue weighted by Crippen LogP contribution is -2.32. The van der Waals surface area contributed by atoms with Crippen molar-refractivity contribution in [3.8, 4) is 0 Å². The van der Waals surface area contributed by atoms with Crippen LogP contribution in [0.15, 0.2) is 0 Å².